The van der Waals surface area contributed by atoms with Gasteiger partial charge in [-0.1, -0.05) is 11.6 Å². The van der Waals surface area contributed by atoms with E-state index in [0.29, 0.717) is 17.5 Å². The van der Waals surface area contributed by atoms with E-state index in [-0.39, 0.29) is 0 Å². The van der Waals surface area contributed by atoms with Crippen LogP contribution < -0.4 is 5.73 Å². The summed E-state index contributed by atoms with van der Waals surface area (Å²) in [6.07, 6.45) is 5.62. The first-order chi connectivity index (χ1) is 7.79. The quantitative estimate of drug-likeness (QED) is 0.868. The van der Waals surface area contributed by atoms with Crippen molar-refractivity contribution in [2.75, 3.05) is 6.54 Å². The van der Waals surface area contributed by atoms with Crippen LogP contribution in [0.5, 0.6) is 0 Å². The predicted octanol–water partition coefficient (Wildman–Crippen LogP) is 1.21. The highest BCUT2D eigenvalue weighted by Gasteiger charge is 2.02. The zero-order valence-corrected chi connectivity index (χ0v) is 9.43. The maximum Gasteiger partial charge on any atom is 0.175 e. The van der Waals surface area contributed by atoms with Gasteiger partial charge in [-0.2, -0.15) is 5.10 Å². The minimum atomic E-state index is 0.374. The second kappa shape index (κ2) is 5.05. The lowest BCUT2D eigenvalue weighted by molar-refractivity contribution is 0.809. The maximum atomic E-state index is 5.66. The largest absolute Gasteiger partial charge is 0.330 e. The Morgan fingerprint density at radius 1 is 1.31 bits per heavy atom. The molecule has 2 aromatic rings. The molecule has 0 unspecified atom stereocenters. The molecule has 0 aliphatic carbocycles. The van der Waals surface area contributed by atoms with Crippen LogP contribution in [-0.2, 0) is 6.42 Å². The van der Waals surface area contributed by atoms with Gasteiger partial charge < -0.3 is 5.73 Å². The molecule has 0 atom stereocenters. The molecule has 84 valence electrons. The van der Waals surface area contributed by atoms with Crippen molar-refractivity contribution in [3.05, 3.63) is 35.2 Å². The van der Waals surface area contributed by atoms with Crippen LogP contribution in [0.1, 0.15) is 12.0 Å². The molecular weight excluding hydrogens is 226 g/mol. The molecule has 2 rings (SSSR count). The second-order valence-electron chi connectivity index (χ2n) is 3.40. The van der Waals surface area contributed by atoms with Gasteiger partial charge in [-0.3, -0.25) is 0 Å². The minimum Gasteiger partial charge on any atom is -0.330 e. The van der Waals surface area contributed by atoms with Crippen LogP contribution in [0, 0.1) is 0 Å². The molecule has 2 N–H and O–H groups in total. The normalized spacial score (nSPS) is 10.6. The lowest BCUT2D eigenvalue weighted by Crippen LogP contribution is -2.00. The monoisotopic (exact) mass is 237 g/mol. The topological polar surface area (TPSA) is 69.6 Å². The van der Waals surface area contributed by atoms with Crippen LogP contribution in [-0.4, -0.2) is 26.5 Å². The summed E-state index contributed by atoms with van der Waals surface area (Å²) in [5.74, 6) is 0.656. The van der Waals surface area contributed by atoms with Gasteiger partial charge in [0.25, 0.3) is 0 Å². The summed E-state index contributed by atoms with van der Waals surface area (Å²) in [6, 6.07) is 3.46. The highest BCUT2D eigenvalue weighted by Crippen LogP contribution is 2.08. The van der Waals surface area contributed by atoms with Crippen molar-refractivity contribution in [1.29, 1.82) is 0 Å². The molecule has 0 radical (unpaired) electrons. The molecule has 0 saturated heterocycles. The number of aryl methyl sites for hydroxylation is 1. The van der Waals surface area contributed by atoms with Crippen LogP contribution in [0.3, 0.4) is 0 Å². The minimum absolute atomic E-state index is 0.374. The molecule has 2 aromatic heterocycles. The van der Waals surface area contributed by atoms with Crippen molar-refractivity contribution in [2.24, 2.45) is 5.73 Å². The standard InChI is InChI=1S/C10H12ClN5/c11-9-3-4-10(15-14-9)16-7-8(6-13-16)2-1-5-12/h3-4,6-7H,1-2,5,12H2. The van der Waals surface area contributed by atoms with Gasteiger partial charge in [-0.25, -0.2) is 4.68 Å². The lowest BCUT2D eigenvalue weighted by Gasteiger charge is -1.97. The number of nitrogens with two attached hydrogens (primary N) is 1. The molecular formula is C10H12ClN5. The van der Waals surface area contributed by atoms with Gasteiger partial charge in [0, 0.05) is 6.20 Å². The molecule has 0 aromatic carbocycles. The van der Waals surface area contributed by atoms with E-state index in [1.54, 1.807) is 16.8 Å². The molecule has 0 aliphatic rings. The summed E-state index contributed by atoms with van der Waals surface area (Å²) in [7, 11) is 0. The van der Waals surface area contributed by atoms with E-state index in [0.717, 1.165) is 18.4 Å². The summed E-state index contributed by atoms with van der Waals surface area (Å²) in [4.78, 5) is 0. The summed E-state index contributed by atoms with van der Waals surface area (Å²) in [6.45, 7) is 0.686. The van der Waals surface area contributed by atoms with Crippen molar-refractivity contribution in [2.45, 2.75) is 12.8 Å². The lowest BCUT2D eigenvalue weighted by atomic mass is 10.2. The molecule has 0 spiro atoms. The van der Waals surface area contributed by atoms with Crippen molar-refractivity contribution in [3.63, 3.8) is 0 Å². The average molecular weight is 238 g/mol. The Kier molecular flexibility index (Phi) is 3.48. The van der Waals surface area contributed by atoms with Crippen molar-refractivity contribution in [3.8, 4) is 5.82 Å². The molecule has 0 aliphatic heterocycles. The van der Waals surface area contributed by atoms with Gasteiger partial charge in [0.1, 0.15) is 0 Å². The van der Waals surface area contributed by atoms with Crippen LogP contribution >= 0.6 is 11.6 Å². The van der Waals surface area contributed by atoms with E-state index in [1.807, 2.05) is 12.4 Å². The smallest absolute Gasteiger partial charge is 0.175 e. The van der Waals surface area contributed by atoms with Crippen LogP contribution in [0.4, 0.5) is 0 Å². The van der Waals surface area contributed by atoms with Gasteiger partial charge in [0.05, 0.1) is 6.20 Å². The number of hydrogen-bond donors (Lipinski definition) is 1. The molecule has 0 fully saturated rings. The molecule has 2 heterocycles. The average Bonchev–Trinajstić information content (AvgIpc) is 2.76. The van der Waals surface area contributed by atoms with Gasteiger partial charge in [0.2, 0.25) is 0 Å². The summed E-state index contributed by atoms with van der Waals surface area (Å²) < 4.78 is 1.68. The Morgan fingerprint density at radius 3 is 2.88 bits per heavy atom. The van der Waals surface area contributed by atoms with E-state index >= 15 is 0 Å². The summed E-state index contributed by atoms with van der Waals surface area (Å²) >= 11 is 5.66. The second-order valence-corrected chi connectivity index (χ2v) is 3.79. The Bertz CT molecular complexity index is 450. The number of halogens is 1. The Balaban J connectivity index is 2.15. The van der Waals surface area contributed by atoms with Crippen LogP contribution in [0.25, 0.3) is 5.82 Å². The number of hydrogen-bond acceptors (Lipinski definition) is 4. The fourth-order valence-electron chi connectivity index (χ4n) is 1.35. The molecule has 0 amide bonds. The first-order valence-electron chi connectivity index (χ1n) is 5.03. The van der Waals surface area contributed by atoms with Crippen LogP contribution in [0.15, 0.2) is 24.5 Å². The van der Waals surface area contributed by atoms with E-state index in [1.165, 1.54) is 0 Å². The summed E-state index contributed by atoms with van der Waals surface area (Å²) in [5, 5.41) is 12.3. The van der Waals surface area contributed by atoms with Gasteiger partial charge in [0.15, 0.2) is 11.0 Å². The van der Waals surface area contributed by atoms with Crippen molar-refractivity contribution in [1.82, 2.24) is 20.0 Å². The highest BCUT2D eigenvalue weighted by molar-refractivity contribution is 6.29. The van der Waals surface area contributed by atoms with Gasteiger partial charge >= 0.3 is 0 Å². The first kappa shape index (κ1) is 11.0. The molecule has 0 saturated carbocycles. The van der Waals surface area contributed by atoms with E-state index in [9.17, 15) is 0 Å². The van der Waals surface area contributed by atoms with Gasteiger partial charge in [-0.15, -0.1) is 10.2 Å². The highest BCUT2D eigenvalue weighted by atomic mass is 35.5. The SMILES string of the molecule is NCCCc1cnn(-c2ccc(Cl)nn2)c1. The van der Waals surface area contributed by atoms with Crippen LogP contribution in [0.2, 0.25) is 5.15 Å². The Morgan fingerprint density at radius 2 is 2.19 bits per heavy atom. The number of aromatic nitrogens is 4. The first-order valence-corrected chi connectivity index (χ1v) is 5.40. The molecule has 5 nitrogen and oxygen atoms in total. The fourth-order valence-corrected chi connectivity index (χ4v) is 1.45. The third kappa shape index (κ3) is 2.56. The number of nitrogens with zero attached hydrogens (tertiary/aromatic N) is 4. The number of rotatable bonds is 4. The predicted molar refractivity (Wildman–Crippen MR) is 61.5 cm³/mol. The fraction of sp³-hybridized carbons (Fsp3) is 0.300. The van der Waals surface area contributed by atoms with Crippen molar-refractivity contribution < 1.29 is 0 Å². The maximum absolute atomic E-state index is 5.66. The molecule has 6 heteroatoms. The molecule has 16 heavy (non-hydrogen) atoms. The third-order valence-electron chi connectivity index (χ3n) is 2.16. The Hall–Kier alpha value is -1.46. The summed E-state index contributed by atoms with van der Waals surface area (Å²) in [5.41, 5.74) is 6.59. The third-order valence-corrected chi connectivity index (χ3v) is 2.36. The van der Waals surface area contributed by atoms with E-state index < -0.39 is 0 Å². The molecule has 0 bridgehead atoms. The zero-order valence-electron chi connectivity index (χ0n) is 8.67. The van der Waals surface area contributed by atoms with Crippen molar-refractivity contribution >= 4 is 11.6 Å². The van der Waals surface area contributed by atoms with E-state index in [2.05, 4.69) is 15.3 Å². The van der Waals surface area contributed by atoms with Gasteiger partial charge in [-0.05, 0) is 37.1 Å². The van der Waals surface area contributed by atoms with E-state index in [4.69, 9.17) is 17.3 Å². The Labute approximate surface area is 98.2 Å². The zero-order chi connectivity index (χ0) is 11.4.